The molecule has 2 heterocycles. The van der Waals surface area contributed by atoms with Gasteiger partial charge < -0.3 is 15.4 Å². The first-order chi connectivity index (χ1) is 12.8. The maximum atomic E-state index is 12.1. The number of benzene rings is 2. The number of carbonyl (C=O) groups excluding carboxylic acids is 1. The Morgan fingerprint density at radius 3 is 2.81 bits per heavy atom. The molecule has 1 aliphatic rings. The predicted octanol–water partition coefficient (Wildman–Crippen LogP) is 2.44. The fourth-order valence-corrected chi connectivity index (χ4v) is 3.19. The Kier molecular flexibility index (Phi) is 6.45. The zero-order valence-electron chi connectivity index (χ0n) is 14.9. The summed E-state index contributed by atoms with van der Waals surface area (Å²) in [5, 5.41) is 6.27. The van der Waals surface area contributed by atoms with Crippen LogP contribution >= 0.6 is 12.4 Å². The van der Waals surface area contributed by atoms with E-state index in [4.69, 9.17) is 4.74 Å². The van der Waals surface area contributed by atoms with Crippen LogP contribution in [0.2, 0.25) is 0 Å². The molecule has 0 spiro atoms. The van der Waals surface area contributed by atoms with Crippen molar-refractivity contribution in [3.05, 3.63) is 60.4 Å². The summed E-state index contributed by atoms with van der Waals surface area (Å²) in [4.78, 5) is 16.5. The van der Waals surface area contributed by atoms with Gasteiger partial charge in [-0.2, -0.15) is 0 Å². The molecule has 3 aromatic rings. The third-order valence-electron chi connectivity index (χ3n) is 4.59. The van der Waals surface area contributed by atoms with Gasteiger partial charge in [0.25, 0.3) is 0 Å². The number of morpholine rings is 1. The first-order valence-electron chi connectivity index (χ1n) is 8.89. The van der Waals surface area contributed by atoms with Crippen molar-refractivity contribution in [1.29, 1.82) is 0 Å². The number of nitrogens with zero attached hydrogens (tertiary/aromatic N) is 2. The number of fused-ring (bicyclic) bond motifs is 1. The van der Waals surface area contributed by atoms with Gasteiger partial charge in [-0.1, -0.05) is 24.3 Å². The van der Waals surface area contributed by atoms with Crippen LogP contribution in [0, 0.1) is 0 Å². The summed E-state index contributed by atoms with van der Waals surface area (Å²) >= 11 is 0. The number of carbonyl (C=O) groups is 1. The van der Waals surface area contributed by atoms with Crippen LogP contribution < -0.4 is 10.6 Å². The molecule has 1 aliphatic heterocycles. The van der Waals surface area contributed by atoms with Crippen molar-refractivity contribution in [2.24, 2.45) is 0 Å². The molecule has 0 aliphatic carbocycles. The van der Waals surface area contributed by atoms with Gasteiger partial charge in [0.15, 0.2) is 0 Å². The molecule has 0 radical (unpaired) electrons. The third-order valence-corrected chi connectivity index (χ3v) is 4.59. The summed E-state index contributed by atoms with van der Waals surface area (Å²) in [5.41, 5.74) is 4.18. The highest BCUT2D eigenvalue weighted by atomic mass is 35.5. The van der Waals surface area contributed by atoms with E-state index in [2.05, 4.69) is 26.3 Å². The minimum absolute atomic E-state index is 0. The van der Waals surface area contributed by atoms with Crippen LogP contribution in [0.4, 0.5) is 0 Å². The fourth-order valence-electron chi connectivity index (χ4n) is 3.19. The van der Waals surface area contributed by atoms with Crippen molar-refractivity contribution in [2.45, 2.75) is 19.0 Å². The lowest BCUT2D eigenvalue weighted by atomic mass is 10.1. The summed E-state index contributed by atoms with van der Waals surface area (Å²) < 4.78 is 7.44. The maximum Gasteiger partial charge on any atom is 0.221 e. The van der Waals surface area contributed by atoms with Gasteiger partial charge in [-0.3, -0.25) is 9.36 Å². The van der Waals surface area contributed by atoms with Gasteiger partial charge in [-0.25, -0.2) is 4.98 Å². The zero-order chi connectivity index (χ0) is 17.8. The summed E-state index contributed by atoms with van der Waals surface area (Å²) in [6.07, 6.45) is 2.28. The van der Waals surface area contributed by atoms with Gasteiger partial charge in [0.05, 0.1) is 24.2 Å². The van der Waals surface area contributed by atoms with Crippen LogP contribution in [0.15, 0.2) is 54.9 Å². The molecule has 2 N–H and O–H groups in total. The van der Waals surface area contributed by atoms with Crippen molar-refractivity contribution in [2.75, 3.05) is 19.8 Å². The summed E-state index contributed by atoms with van der Waals surface area (Å²) in [7, 11) is 0. The molecule has 1 amide bonds. The van der Waals surface area contributed by atoms with E-state index in [1.54, 1.807) is 0 Å². The van der Waals surface area contributed by atoms with Crippen molar-refractivity contribution in [3.8, 4) is 5.69 Å². The number of amides is 1. The van der Waals surface area contributed by atoms with E-state index in [0.717, 1.165) is 35.4 Å². The molecular formula is C20H23ClN4O2. The van der Waals surface area contributed by atoms with E-state index >= 15 is 0 Å². The molecule has 0 bridgehead atoms. The Morgan fingerprint density at radius 1 is 1.22 bits per heavy atom. The number of aromatic nitrogens is 2. The highest BCUT2D eigenvalue weighted by Gasteiger charge is 2.16. The molecule has 1 unspecified atom stereocenters. The Balaban J connectivity index is 0.00000210. The third kappa shape index (κ3) is 4.66. The second-order valence-electron chi connectivity index (χ2n) is 6.48. The minimum Gasteiger partial charge on any atom is -0.378 e. The number of nitrogens with one attached hydrogen (secondary N) is 2. The molecule has 6 nitrogen and oxygen atoms in total. The van der Waals surface area contributed by atoms with E-state index < -0.39 is 0 Å². The molecule has 1 fully saturated rings. The standard InChI is InChI=1S/C20H22N4O2.ClH/c25-20(11-16-13-26-10-9-21-16)22-12-15-5-7-17(8-6-15)24-14-23-18-3-1-2-4-19(18)24;/h1-8,14,16,21H,9-13H2,(H,22,25);1H. The van der Waals surface area contributed by atoms with Crippen LogP contribution in [0.5, 0.6) is 0 Å². The molecule has 4 rings (SSSR count). The van der Waals surface area contributed by atoms with Crippen LogP contribution in [0.25, 0.3) is 16.7 Å². The Morgan fingerprint density at radius 2 is 2.04 bits per heavy atom. The first kappa shape index (κ1) is 19.4. The highest BCUT2D eigenvalue weighted by molar-refractivity contribution is 5.85. The van der Waals surface area contributed by atoms with E-state index in [1.165, 1.54) is 0 Å². The van der Waals surface area contributed by atoms with Crippen molar-refractivity contribution in [1.82, 2.24) is 20.2 Å². The van der Waals surface area contributed by atoms with Gasteiger partial charge in [0, 0.05) is 31.2 Å². The van der Waals surface area contributed by atoms with E-state index in [-0.39, 0.29) is 24.4 Å². The van der Waals surface area contributed by atoms with E-state index in [0.29, 0.717) is 19.6 Å². The Labute approximate surface area is 164 Å². The van der Waals surface area contributed by atoms with Gasteiger partial charge >= 0.3 is 0 Å². The number of para-hydroxylation sites is 2. The topological polar surface area (TPSA) is 68.2 Å². The van der Waals surface area contributed by atoms with Crippen LogP contribution in [0.3, 0.4) is 0 Å². The minimum atomic E-state index is 0. The summed E-state index contributed by atoms with van der Waals surface area (Å²) in [5.74, 6) is 0.0395. The van der Waals surface area contributed by atoms with E-state index in [1.807, 2.05) is 48.8 Å². The van der Waals surface area contributed by atoms with Crippen molar-refractivity contribution < 1.29 is 9.53 Å². The molecule has 142 valence electrons. The number of ether oxygens (including phenoxy) is 1. The quantitative estimate of drug-likeness (QED) is 0.706. The number of hydrogen-bond acceptors (Lipinski definition) is 4. The van der Waals surface area contributed by atoms with Gasteiger partial charge in [0.2, 0.25) is 5.91 Å². The lowest BCUT2D eigenvalue weighted by Gasteiger charge is -2.23. The molecule has 1 atom stereocenters. The fraction of sp³-hybridized carbons (Fsp3) is 0.300. The molecule has 1 aromatic heterocycles. The number of imidazole rings is 1. The van der Waals surface area contributed by atoms with Gasteiger partial charge in [-0.05, 0) is 29.8 Å². The number of halogens is 1. The number of hydrogen-bond donors (Lipinski definition) is 2. The lowest BCUT2D eigenvalue weighted by molar-refractivity contribution is -0.122. The van der Waals surface area contributed by atoms with E-state index in [9.17, 15) is 4.79 Å². The zero-order valence-corrected chi connectivity index (χ0v) is 15.7. The smallest absolute Gasteiger partial charge is 0.221 e. The van der Waals surface area contributed by atoms with Crippen LogP contribution in [-0.2, 0) is 16.1 Å². The molecule has 27 heavy (non-hydrogen) atoms. The average molecular weight is 387 g/mol. The second kappa shape index (κ2) is 8.99. The second-order valence-corrected chi connectivity index (χ2v) is 6.48. The molecule has 2 aromatic carbocycles. The van der Waals surface area contributed by atoms with Crippen molar-refractivity contribution >= 4 is 29.3 Å². The maximum absolute atomic E-state index is 12.1. The predicted molar refractivity (Wildman–Crippen MR) is 107 cm³/mol. The van der Waals surface area contributed by atoms with Crippen LogP contribution in [-0.4, -0.2) is 41.3 Å². The normalized spacial score (nSPS) is 16.7. The average Bonchev–Trinajstić information content (AvgIpc) is 3.12. The molecule has 7 heteroatoms. The van der Waals surface area contributed by atoms with Gasteiger partial charge in [0.1, 0.15) is 6.33 Å². The van der Waals surface area contributed by atoms with Crippen molar-refractivity contribution in [3.63, 3.8) is 0 Å². The number of rotatable bonds is 5. The first-order valence-corrected chi connectivity index (χ1v) is 8.89. The SMILES string of the molecule is Cl.O=C(CC1COCCN1)NCc1ccc(-n2cnc3ccccc32)cc1. The molecule has 0 saturated carbocycles. The molecule has 1 saturated heterocycles. The Bertz CT molecular complexity index is 888. The monoisotopic (exact) mass is 386 g/mol. The largest absolute Gasteiger partial charge is 0.378 e. The van der Waals surface area contributed by atoms with Crippen LogP contribution in [0.1, 0.15) is 12.0 Å². The summed E-state index contributed by atoms with van der Waals surface area (Å²) in [6.45, 7) is 2.65. The summed E-state index contributed by atoms with van der Waals surface area (Å²) in [6, 6.07) is 16.3. The molecular weight excluding hydrogens is 364 g/mol. The van der Waals surface area contributed by atoms with Gasteiger partial charge in [-0.15, -0.1) is 12.4 Å². The Hall–Kier alpha value is -2.41. The lowest BCUT2D eigenvalue weighted by Crippen LogP contribution is -2.44. The highest BCUT2D eigenvalue weighted by Crippen LogP contribution is 2.18.